The number of Topliss-reactive ketones (excluding diaryl/α,β-unsaturated/α-hetero) is 1. The maximum Gasteiger partial charge on any atom is 0.164 e. The van der Waals surface area contributed by atoms with Crippen molar-refractivity contribution in [3.63, 3.8) is 0 Å². The molecule has 0 saturated heterocycles. The molecule has 86 valence electrons. The number of carbonyl (C=O) groups is 1. The van der Waals surface area contributed by atoms with Gasteiger partial charge >= 0.3 is 0 Å². The standard InChI is InChI=1S/C14H12FNO/c15-13-6-3-11(4-7-13)5-8-14(17)12-2-1-9-16-10-12/h1-4,6-7,9-10H,5,8H2. The molecule has 0 saturated carbocycles. The molecule has 2 aromatic rings. The van der Waals surface area contributed by atoms with E-state index < -0.39 is 0 Å². The number of ketones is 1. The van der Waals surface area contributed by atoms with Gasteiger partial charge in [0.2, 0.25) is 0 Å². The summed E-state index contributed by atoms with van der Waals surface area (Å²) in [6.45, 7) is 0. The van der Waals surface area contributed by atoms with Crippen LogP contribution in [0.2, 0.25) is 0 Å². The quantitative estimate of drug-likeness (QED) is 0.754. The van der Waals surface area contributed by atoms with Gasteiger partial charge < -0.3 is 0 Å². The minimum absolute atomic E-state index is 0.0578. The van der Waals surface area contributed by atoms with E-state index in [9.17, 15) is 9.18 Å². The maximum atomic E-state index is 12.7. The van der Waals surface area contributed by atoms with Crippen LogP contribution in [0.4, 0.5) is 4.39 Å². The van der Waals surface area contributed by atoms with Crippen molar-refractivity contribution >= 4 is 5.78 Å². The summed E-state index contributed by atoms with van der Waals surface area (Å²) < 4.78 is 12.7. The fraction of sp³-hybridized carbons (Fsp3) is 0.143. The lowest BCUT2D eigenvalue weighted by molar-refractivity contribution is 0.0982. The zero-order chi connectivity index (χ0) is 12.1. The first-order chi connectivity index (χ1) is 8.25. The van der Waals surface area contributed by atoms with Gasteiger partial charge in [-0.3, -0.25) is 9.78 Å². The van der Waals surface area contributed by atoms with Gasteiger partial charge in [0, 0.05) is 24.4 Å². The molecule has 0 aliphatic rings. The Balaban J connectivity index is 1.95. The summed E-state index contributed by atoms with van der Waals surface area (Å²) in [5.41, 5.74) is 1.58. The van der Waals surface area contributed by atoms with Crippen molar-refractivity contribution in [2.24, 2.45) is 0 Å². The van der Waals surface area contributed by atoms with E-state index in [1.165, 1.54) is 12.1 Å². The van der Waals surface area contributed by atoms with Gasteiger partial charge in [0.05, 0.1) is 0 Å². The average molecular weight is 229 g/mol. The van der Waals surface area contributed by atoms with Crippen molar-refractivity contribution in [1.82, 2.24) is 4.98 Å². The summed E-state index contributed by atoms with van der Waals surface area (Å²) >= 11 is 0. The zero-order valence-electron chi connectivity index (χ0n) is 9.27. The Bertz CT molecular complexity index is 493. The van der Waals surface area contributed by atoms with Crippen LogP contribution in [0.1, 0.15) is 22.3 Å². The van der Waals surface area contributed by atoms with Gasteiger partial charge in [-0.05, 0) is 36.2 Å². The third-order valence-corrected chi connectivity index (χ3v) is 2.54. The van der Waals surface area contributed by atoms with E-state index in [-0.39, 0.29) is 11.6 Å². The van der Waals surface area contributed by atoms with E-state index in [1.54, 1.807) is 36.7 Å². The first-order valence-corrected chi connectivity index (χ1v) is 5.43. The Morgan fingerprint density at radius 2 is 1.94 bits per heavy atom. The first-order valence-electron chi connectivity index (χ1n) is 5.43. The van der Waals surface area contributed by atoms with Gasteiger partial charge in [0.1, 0.15) is 5.82 Å². The fourth-order valence-corrected chi connectivity index (χ4v) is 1.58. The van der Waals surface area contributed by atoms with E-state index in [4.69, 9.17) is 0 Å². The Morgan fingerprint density at radius 3 is 2.59 bits per heavy atom. The Kier molecular flexibility index (Phi) is 3.60. The summed E-state index contributed by atoms with van der Waals surface area (Å²) in [6, 6.07) is 9.70. The van der Waals surface area contributed by atoms with Crippen molar-refractivity contribution in [1.29, 1.82) is 0 Å². The van der Waals surface area contributed by atoms with Gasteiger partial charge in [-0.15, -0.1) is 0 Å². The van der Waals surface area contributed by atoms with Crippen LogP contribution >= 0.6 is 0 Å². The van der Waals surface area contributed by atoms with Gasteiger partial charge in [0.15, 0.2) is 5.78 Å². The average Bonchev–Trinajstić information content (AvgIpc) is 2.39. The molecule has 0 amide bonds. The highest BCUT2D eigenvalue weighted by molar-refractivity contribution is 5.95. The summed E-state index contributed by atoms with van der Waals surface area (Å²) in [7, 11) is 0. The van der Waals surface area contributed by atoms with Crippen molar-refractivity contribution in [2.45, 2.75) is 12.8 Å². The molecule has 2 nitrogen and oxygen atoms in total. The molecule has 0 spiro atoms. The third-order valence-electron chi connectivity index (χ3n) is 2.54. The lowest BCUT2D eigenvalue weighted by atomic mass is 10.0. The third kappa shape index (κ3) is 3.21. The summed E-state index contributed by atoms with van der Waals surface area (Å²) in [5, 5.41) is 0. The number of benzene rings is 1. The predicted molar refractivity (Wildman–Crippen MR) is 63.3 cm³/mol. The van der Waals surface area contributed by atoms with E-state index in [1.807, 2.05) is 0 Å². The van der Waals surface area contributed by atoms with E-state index in [0.717, 1.165) is 5.56 Å². The lowest BCUT2D eigenvalue weighted by Gasteiger charge is -2.01. The van der Waals surface area contributed by atoms with Crippen LogP contribution in [0.15, 0.2) is 48.8 Å². The second-order valence-corrected chi connectivity index (χ2v) is 3.79. The minimum Gasteiger partial charge on any atom is -0.294 e. The van der Waals surface area contributed by atoms with Crippen molar-refractivity contribution in [2.75, 3.05) is 0 Å². The van der Waals surface area contributed by atoms with Crippen molar-refractivity contribution < 1.29 is 9.18 Å². The lowest BCUT2D eigenvalue weighted by Crippen LogP contribution is -2.01. The number of nitrogens with zero attached hydrogens (tertiary/aromatic N) is 1. The minimum atomic E-state index is -0.257. The highest BCUT2D eigenvalue weighted by Gasteiger charge is 2.05. The Labute approximate surface area is 99.1 Å². The Hall–Kier alpha value is -2.03. The number of rotatable bonds is 4. The number of carbonyl (C=O) groups excluding carboxylic acids is 1. The summed E-state index contributed by atoms with van der Waals surface area (Å²) in [5.74, 6) is -0.199. The van der Waals surface area contributed by atoms with E-state index in [2.05, 4.69) is 4.98 Å². The normalized spacial score (nSPS) is 10.2. The number of aromatic nitrogens is 1. The smallest absolute Gasteiger partial charge is 0.164 e. The molecule has 0 unspecified atom stereocenters. The summed E-state index contributed by atoms with van der Waals surface area (Å²) in [6.07, 6.45) is 4.23. The maximum absolute atomic E-state index is 12.7. The monoisotopic (exact) mass is 229 g/mol. The molecule has 0 aliphatic carbocycles. The number of aryl methyl sites for hydroxylation is 1. The number of hydrogen-bond acceptors (Lipinski definition) is 2. The van der Waals surface area contributed by atoms with Crippen LogP contribution in [-0.4, -0.2) is 10.8 Å². The van der Waals surface area contributed by atoms with Gasteiger partial charge in [-0.2, -0.15) is 0 Å². The first kappa shape index (κ1) is 11.5. The Morgan fingerprint density at radius 1 is 1.18 bits per heavy atom. The van der Waals surface area contributed by atoms with Crippen LogP contribution in [-0.2, 0) is 6.42 Å². The SMILES string of the molecule is O=C(CCc1ccc(F)cc1)c1cccnc1. The highest BCUT2D eigenvalue weighted by atomic mass is 19.1. The molecular weight excluding hydrogens is 217 g/mol. The zero-order valence-corrected chi connectivity index (χ0v) is 9.27. The number of hydrogen-bond donors (Lipinski definition) is 0. The second kappa shape index (κ2) is 5.34. The molecule has 1 aromatic carbocycles. The van der Waals surface area contributed by atoms with Crippen LogP contribution in [0, 0.1) is 5.82 Å². The van der Waals surface area contributed by atoms with Crippen LogP contribution in [0.5, 0.6) is 0 Å². The molecule has 1 heterocycles. The molecule has 2 rings (SSSR count). The molecular formula is C14H12FNO. The fourth-order valence-electron chi connectivity index (χ4n) is 1.58. The number of halogens is 1. The van der Waals surface area contributed by atoms with Crippen molar-refractivity contribution in [3.8, 4) is 0 Å². The molecule has 0 atom stereocenters. The van der Waals surface area contributed by atoms with Crippen molar-refractivity contribution in [3.05, 3.63) is 65.7 Å². The van der Waals surface area contributed by atoms with Crippen LogP contribution in [0.25, 0.3) is 0 Å². The second-order valence-electron chi connectivity index (χ2n) is 3.79. The topological polar surface area (TPSA) is 30.0 Å². The predicted octanol–water partition coefficient (Wildman–Crippen LogP) is 3.04. The molecule has 0 N–H and O–H groups in total. The summed E-state index contributed by atoms with van der Waals surface area (Å²) in [4.78, 5) is 15.7. The van der Waals surface area contributed by atoms with Gasteiger partial charge in [0.25, 0.3) is 0 Å². The molecule has 0 fully saturated rings. The van der Waals surface area contributed by atoms with Crippen LogP contribution in [0.3, 0.4) is 0 Å². The molecule has 0 radical (unpaired) electrons. The highest BCUT2D eigenvalue weighted by Crippen LogP contribution is 2.08. The largest absolute Gasteiger partial charge is 0.294 e. The van der Waals surface area contributed by atoms with E-state index >= 15 is 0 Å². The number of pyridine rings is 1. The molecule has 1 aromatic heterocycles. The molecule has 17 heavy (non-hydrogen) atoms. The molecule has 0 bridgehead atoms. The van der Waals surface area contributed by atoms with Gasteiger partial charge in [-0.1, -0.05) is 12.1 Å². The molecule has 3 heteroatoms. The van der Waals surface area contributed by atoms with Crippen LogP contribution < -0.4 is 0 Å². The molecule has 0 aliphatic heterocycles. The van der Waals surface area contributed by atoms with E-state index in [0.29, 0.717) is 18.4 Å². The van der Waals surface area contributed by atoms with Gasteiger partial charge in [-0.25, -0.2) is 4.39 Å².